The molecule has 0 saturated heterocycles. The van der Waals surface area contributed by atoms with Gasteiger partial charge in [-0.3, -0.25) is 4.79 Å². The minimum absolute atomic E-state index is 0.0901. The van der Waals surface area contributed by atoms with E-state index in [0.717, 1.165) is 17.7 Å². The minimum atomic E-state index is -0.809. The van der Waals surface area contributed by atoms with E-state index in [9.17, 15) is 9.90 Å². The number of hydrogen-bond acceptors (Lipinski definition) is 4. The van der Waals surface area contributed by atoms with E-state index >= 15 is 0 Å². The van der Waals surface area contributed by atoms with Crippen LogP contribution in [0.5, 0.6) is 0 Å². The third-order valence-electron chi connectivity index (χ3n) is 3.69. The number of carboxylic acid groups (broad SMARTS) is 1. The third kappa shape index (κ3) is 4.30. The Bertz CT molecular complexity index is 387. The molecule has 0 aromatic carbocycles. The van der Waals surface area contributed by atoms with Gasteiger partial charge in [0.2, 0.25) is 0 Å². The van der Waals surface area contributed by atoms with E-state index in [-0.39, 0.29) is 12.5 Å². The first-order valence-corrected chi connectivity index (χ1v) is 7.74. The van der Waals surface area contributed by atoms with Gasteiger partial charge in [0.25, 0.3) is 0 Å². The van der Waals surface area contributed by atoms with Crippen LogP contribution in [0.1, 0.15) is 49.5 Å². The Balaban J connectivity index is 1.97. The van der Waals surface area contributed by atoms with Gasteiger partial charge in [0.05, 0.1) is 0 Å². The van der Waals surface area contributed by atoms with Gasteiger partial charge in [0.15, 0.2) is 0 Å². The summed E-state index contributed by atoms with van der Waals surface area (Å²) in [6.45, 7) is 0. The van der Waals surface area contributed by atoms with Crippen LogP contribution in [-0.2, 0) is 4.79 Å². The predicted octanol–water partition coefficient (Wildman–Crippen LogP) is 2.55. The Morgan fingerprint density at radius 2 is 2.21 bits per heavy atom. The number of rotatable bonds is 7. The van der Waals surface area contributed by atoms with E-state index in [4.69, 9.17) is 5.11 Å². The Labute approximate surface area is 117 Å². The molecule has 2 atom stereocenters. The van der Waals surface area contributed by atoms with Crippen molar-refractivity contribution in [3.63, 3.8) is 0 Å². The zero-order valence-corrected chi connectivity index (χ0v) is 11.7. The summed E-state index contributed by atoms with van der Waals surface area (Å²) in [7, 11) is 0. The van der Waals surface area contributed by atoms with Crippen molar-refractivity contribution in [2.75, 3.05) is 0 Å². The predicted molar refractivity (Wildman–Crippen MR) is 75.3 cm³/mol. The summed E-state index contributed by atoms with van der Waals surface area (Å²) in [6.07, 6.45) is 4.63. The zero-order valence-electron chi connectivity index (χ0n) is 10.9. The number of hydrogen-bond donors (Lipinski definition) is 3. The second-order valence-electron chi connectivity index (χ2n) is 5.15. The molecule has 1 heterocycles. The number of aliphatic hydroxyl groups excluding tert-OH is 1. The molecule has 1 aliphatic rings. The Morgan fingerprint density at radius 3 is 2.79 bits per heavy atom. The molecule has 19 heavy (non-hydrogen) atoms. The van der Waals surface area contributed by atoms with Crippen LogP contribution in [0.2, 0.25) is 0 Å². The first-order valence-electron chi connectivity index (χ1n) is 6.86. The summed E-state index contributed by atoms with van der Waals surface area (Å²) < 4.78 is 0. The molecule has 0 radical (unpaired) electrons. The van der Waals surface area contributed by atoms with Gasteiger partial charge < -0.3 is 15.5 Å². The Morgan fingerprint density at radius 1 is 1.47 bits per heavy atom. The first-order chi connectivity index (χ1) is 9.16. The molecule has 0 aliphatic heterocycles. The molecule has 0 bridgehead atoms. The minimum Gasteiger partial charge on any atom is -0.481 e. The van der Waals surface area contributed by atoms with Crippen molar-refractivity contribution in [3.05, 3.63) is 22.4 Å². The summed E-state index contributed by atoms with van der Waals surface area (Å²) in [5, 5.41) is 24.6. The summed E-state index contributed by atoms with van der Waals surface area (Å²) >= 11 is 1.51. The molecule has 2 unspecified atom stereocenters. The second kappa shape index (κ2) is 7.03. The Kier molecular flexibility index (Phi) is 5.36. The third-order valence-corrected chi connectivity index (χ3v) is 4.63. The largest absolute Gasteiger partial charge is 0.481 e. The van der Waals surface area contributed by atoms with E-state index in [0.29, 0.717) is 12.5 Å². The normalized spacial score (nSPS) is 19.4. The molecule has 1 fully saturated rings. The SMILES string of the molecule is O=C(O)CCC(NC1CCCC1)C(O)c1cccs1. The van der Waals surface area contributed by atoms with Gasteiger partial charge in [0.1, 0.15) is 6.10 Å². The molecule has 3 N–H and O–H groups in total. The lowest BCUT2D eigenvalue weighted by Crippen LogP contribution is -2.41. The smallest absolute Gasteiger partial charge is 0.303 e. The van der Waals surface area contributed by atoms with Gasteiger partial charge >= 0.3 is 5.97 Å². The number of aliphatic hydroxyl groups is 1. The summed E-state index contributed by atoms with van der Waals surface area (Å²) in [5.41, 5.74) is 0. The summed E-state index contributed by atoms with van der Waals surface area (Å²) in [4.78, 5) is 11.6. The van der Waals surface area contributed by atoms with E-state index < -0.39 is 12.1 Å². The van der Waals surface area contributed by atoms with Crippen LogP contribution in [0.4, 0.5) is 0 Å². The van der Waals surface area contributed by atoms with E-state index in [1.54, 1.807) is 0 Å². The van der Waals surface area contributed by atoms with Crippen LogP contribution in [-0.4, -0.2) is 28.3 Å². The molecule has 4 nitrogen and oxygen atoms in total. The quantitative estimate of drug-likeness (QED) is 0.719. The van der Waals surface area contributed by atoms with Crippen molar-refractivity contribution < 1.29 is 15.0 Å². The van der Waals surface area contributed by atoms with Crippen LogP contribution >= 0.6 is 11.3 Å². The molecular weight excluding hydrogens is 262 g/mol. The van der Waals surface area contributed by atoms with Crippen LogP contribution in [0.3, 0.4) is 0 Å². The van der Waals surface area contributed by atoms with Gasteiger partial charge in [-0.25, -0.2) is 0 Å². The highest BCUT2D eigenvalue weighted by Gasteiger charge is 2.26. The van der Waals surface area contributed by atoms with Crippen LogP contribution < -0.4 is 5.32 Å². The monoisotopic (exact) mass is 283 g/mol. The van der Waals surface area contributed by atoms with Crippen LogP contribution in [0, 0.1) is 0 Å². The number of thiophene rings is 1. The molecule has 1 aromatic rings. The van der Waals surface area contributed by atoms with Crippen molar-refractivity contribution in [3.8, 4) is 0 Å². The fourth-order valence-corrected chi connectivity index (χ4v) is 3.44. The van der Waals surface area contributed by atoms with Gasteiger partial charge in [-0.05, 0) is 30.7 Å². The van der Waals surface area contributed by atoms with Gasteiger partial charge in [-0.2, -0.15) is 0 Å². The molecule has 106 valence electrons. The number of carboxylic acids is 1. The molecule has 1 aliphatic carbocycles. The highest BCUT2D eigenvalue weighted by atomic mass is 32.1. The fraction of sp³-hybridized carbons (Fsp3) is 0.643. The van der Waals surface area contributed by atoms with Crippen molar-refractivity contribution >= 4 is 17.3 Å². The molecule has 5 heteroatoms. The van der Waals surface area contributed by atoms with Crippen molar-refractivity contribution in [2.24, 2.45) is 0 Å². The maximum absolute atomic E-state index is 10.7. The van der Waals surface area contributed by atoms with Crippen molar-refractivity contribution in [1.29, 1.82) is 0 Å². The molecule has 0 amide bonds. The van der Waals surface area contributed by atoms with E-state index in [1.807, 2.05) is 17.5 Å². The lowest BCUT2D eigenvalue weighted by atomic mass is 10.0. The molecule has 1 aromatic heterocycles. The van der Waals surface area contributed by atoms with Gasteiger partial charge in [-0.1, -0.05) is 18.9 Å². The van der Waals surface area contributed by atoms with Gasteiger partial charge in [-0.15, -0.1) is 11.3 Å². The highest BCUT2D eigenvalue weighted by Crippen LogP contribution is 2.27. The van der Waals surface area contributed by atoms with Crippen LogP contribution in [0.15, 0.2) is 17.5 Å². The standard InChI is InChI=1S/C14H21NO3S/c16-13(17)8-7-11(15-10-4-1-2-5-10)14(18)12-6-3-9-19-12/h3,6,9-11,14-15,18H,1-2,4-5,7-8H2,(H,16,17). The lowest BCUT2D eigenvalue weighted by molar-refractivity contribution is -0.137. The zero-order chi connectivity index (χ0) is 13.7. The summed E-state index contributed by atoms with van der Waals surface area (Å²) in [6, 6.07) is 4.07. The number of carbonyl (C=O) groups is 1. The van der Waals surface area contributed by atoms with Crippen molar-refractivity contribution in [1.82, 2.24) is 5.32 Å². The Hall–Kier alpha value is -0.910. The van der Waals surface area contributed by atoms with E-state index in [2.05, 4.69) is 5.32 Å². The molecule has 2 rings (SSSR count). The average molecular weight is 283 g/mol. The topological polar surface area (TPSA) is 69.6 Å². The average Bonchev–Trinajstić information content (AvgIpc) is 3.06. The highest BCUT2D eigenvalue weighted by molar-refractivity contribution is 7.10. The molecule has 1 saturated carbocycles. The maximum Gasteiger partial charge on any atom is 0.303 e. The lowest BCUT2D eigenvalue weighted by Gasteiger charge is -2.26. The second-order valence-corrected chi connectivity index (χ2v) is 6.13. The first kappa shape index (κ1) is 14.5. The maximum atomic E-state index is 10.7. The molecule has 0 spiro atoms. The number of aliphatic carboxylic acids is 1. The van der Waals surface area contributed by atoms with Crippen molar-refractivity contribution in [2.45, 2.75) is 56.7 Å². The van der Waals surface area contributed by atoms with E-state index in [1.165, 1.54) is 24.2 Å². The fourth-order valence-electron chi connectivity index (χ4n) is 2.66. The van der Waals surface area contributed by atoms with Gasteiger partial charge in [0, 0.05) is 23.4 Å². The summed E-state index contributed by atoms with van der Waals surface area (Å²) in [5.74, 6) is -0.809. The molecular formula is C14H21NO3S. The van der Waals surface area contributed by atoms with Crippen LogP contribution in [0.25, 0.3) is 0 Å². The number of nitrogens with one attached hydrogen (secondary N) is 1.